The van der Waals surface area contributed by atoms with Crippen molar-refractivity contribution in [3.05, 3.63) is 30.1 Å². The van der Waals surface area contributed by atoms with E-state index < -0.39 is 10.0 Å². The van der Waals surface area contributed by atoms with E-state index in [0.29, 0.717) is 19.5 Å². The van der Waals surface area contributed by atoms with Gasteiger partial charge in [-0.05, 0) is 25.0 Å². The van der Waals surface area contributed by atoms with Crippen LogP contribution in [0.2, 0.25) is 0 Å². The molecule has 0 unspecified atom stereocenters. The van der Waals surface area contributed by atoms with Gasteiger partial charge in [-0.1, -0.05) is 6.07 Å². The maximum Gasteiger partial charge on any atom is 0.224 e. The van der Waals surface area contributed by atoms with Crippen LogP contribution in [-0.2, 0) is 21.2 Å². The molecule has 0 spiro atoms. The van der Waals surface area contributed by atoms with Gasteiger partial charge in [0.2, 0.25) is 15.9 Å². The van der Waals surface area contributed by atoms with E-state index in [1.165, 1.54) is 10.6 Å². The van der Waals surface area contributed by atoms with Gasteiger partial charge in [0.1, 0.15) is 0 Å². The molecule has 0 aromatic carbocycles. The first-order valence-electron chi connectivity index (χ1n) is 7.09. The highest BCUT2D eigenvalue weighted by Gasteiger charge is 2.29. The molecule has 0 saturated carbocycles. The zero-order chi connectivity index (χ0) is 15.3. The number of amides is 1. The quantitative estimate of drug-likeness (QED) is 0.854. The Morgan fingerprint density at radius 2 is 2.29 bits per heavy atom. The minimum absolute atomic E-state index is 0.0701. The average Bonchev–Trinajstić information content (AvgIpc) is 2.47. The standard InChI is InChI=1S/C14H21N3O3S/c1-21(19,20)17-10-4-5-12(11-17)14(18)16-9-7-13-6-2-3-8-15-13/h2-3,6,8,12H,4-5,7,9-11H2,1H3,(H,16,18)/t12-/m0/s1. The lowest BCUT2D eigenvalue weighted by atomic mass is 9.99. The van der Waals surface area contributed by atoms with Gasteiger partial charge in [-0.2, -0.15) is 0 Å². The Morgan fingerprint density at radius 3 is 2.95 bits per heavy atom. The van der Waals surface area contributed by atoms with Crippen LogP contribution in [0.4, 0.5) is 0 Å². The first kappa shape index (κ1) is 15.9. The summed E-state index contributed by atoms with van der Waals surface area (Å²) in [6.07, 6.45) is 5.05. The third kappa shape index (κ3) is 4.78. The molecular weight excluding hydrogens is 290 g/mol. The summed E-state index contributed by atoms with van der Waals surface area (Å²) in [7, 11) is -3.21. The molecule has 116 valence electrons. The van der Waals surface area contributed by atoms with Crippen molar-refractivity contribution in [1.29, 1.82) is 0 Å². The van der Waals surface area contributed by atoms with E-state index in [4.69, 9.17) is 0 Å². The molecule has 1 saturated heterocycles. The number of nitrogens with one attached hydrogen (secondary N) is 1. The fourth-order valence-electron chi connectivity index (χ4n) is 2.46. The highest BCUT2D eigenvalue weighted by atomic mass is 32.2. The number of hydrogen-bond acceptors (Lipinski definition) is 4. The molecule has 1 aliphatic heterocycles. The molecule has 1 atom stereocenters. The minimum atomic E-state index is -3.21. The molecule has 0 bridgehead atoms. The lowest BCUT2D eigenvalue weighted by Crippen LogP contribution is -2.45. The molecule has 6 nitrogen and oxygen atoms in total. The van der Waals surface area contributed by atoms with Crippen LogP contribution in [0.1, 0.15) is 18.5 Å². The monoisotopic (exact) mass is 311 g/mol. The predicted octanol–water partition coefficient (Wildman–Crippen LogP) is 0.412. The van der Waals surface area contributed by atoms with Crippen molar-refractivity contribution in [1.82, 2.24) is 14.6 Å². The van der Waals surface area contributed by atoms with Gasteiger partial charge in [0.15, 0.2) is 0 Å². The minimum Gasteiger partial charge on any atom is -0.355 e. The van der Waals surface area contributed by atoms with Gasteiger partial charge >= 0.3 is 0 Å². The molecule has 0 aliphatic carbocycles. The average molecular weight is 311 g/mol. The lowest BCUT2D eigenvalue weighted by Gasteiger charge is -2.30. The van der Waals surface area contributed by atoms with Crippen LogP contribution < -0.4 is 5.32 Å². The van der Waals surface area contributed by atoms with E-state index in [-0.39, 0.29) is 18.4 Å². The molecule has 1 fully saturated rings. The third-order valence-corrected chi connectivity index (χ3v) is 4.90. The summed E-state index contributed by atoms with van der Waals surface area (Å²) in [6, 6.07) is 5.68. The van der Waals surface area contributed by atoms with E-state index in [9.17, 15) is 13.2 Å². The van der Waals surface area contributed by atoms with Gasteiger partial charge in [0.25, 0.3) is 0 Å². The van der Waals surface area contributed by atoms with E-state index in [1.54, 1.807) is 6.20 Å². The number of piperidine rings is 1. The van der Waals surface area contributed by atoms with Crippen LogP contribution in [0.5, 0.6) is 0 Å². The number of rotatable bonds is 5. The Bertz CT molecular complexity index is 574. The van der Waals surface area contributed by atoms with Crippen molar-refractivity contribution in [2.75, 3.05) is 25.9 Å². The van der Waals surface area contributed by atoms with Crippen LogP contribution in [0.15, 0.2) is 24.4 Å². The molecule has 0 radical (unpaired) electrons. The summed E-state index contributed by atoms with van der Waals surface area (Å²) in [5.41, 5.74) is 0.930. The van der Waals surface area contributed by atoms with Crippen LogP contribution in [0, 0.1) is 5.92 Å². The van der Waals surface area contributed by atoms with Gasteiger partial charge in [-0.3, -0.25) is 9.78 Å². The number of aromatic nitrogens is 1. The highest BCUT2D eigenvalue weighted by molar-refractivity contribution is 7.88. The van der Waals surface area contributed by atoms with Gasteiger partial charge in [-0.15, -0.1) is 0 Å². The van der Waals surface area contributed by atoms with Crippen molar-refractivity contribution in [3.8, 4) is 0 Å². The Morgan fingerprint density at radius 1 is 1.48 bits per heavy atom. The molecule has 2 rings (SSSR count). The maximum atomic E-state index is 12.1. The van der Waals surface area contributed by atoms with Gasteiger partial charge in [-0.25, -0.2) is 12.7 Å². The number of sulfonamides is 1. The molecule has 1 aliphatic rings. The molecule has 1 N–H and O–H groups in total. The fourth-order valence-corrected chi connectivity index (χ4v) is 3.37. The first-order valence-corrected chi connectivity index (χ1v) is 8.94. The van der Waals surface area contributed by atoms with Crippen molar-refractivity contribution in [3.63, 3.8) is 0 Å². The topological polar surface area (TPSA) is 79.4 Å². The maximum absolute atomic E-state index is 12.1. The molecule has 21 heavy (non-hydrogen) atoms. The Balaban J connectivity index is 1.80. The fraction of sp³-hybridized carbons (Fsp3) is 0.571. The second-order valence-corrected chi connectivity index (χ2v) is 7.30. The lowest BCUT2D eigenvalue weighted by molar-refractivity contribution is -0.126. The predicted molar refractivity (Wildman–Crippen MR) is 80.1 cm³/mol. The molecule has 2 heterocycles. The zero-order valence-corrected chi connectivity index (χ0v) is 13.0. The largest absolute Gasteiger partial charge is 0.355 e. The van der Waals surface area contributed by atoms with E-state index in [2.05, 4.69) is 10.3 Å². The Labute approximate surface area is 125 Å². The molecule has 1 aromatic heterocycles. The summed E-state index contributed by atoms with van der Waals surface area (Å²) >= 11 is 0. The third-order valence-electron chi connectivity index (χ3n) is 3.63. The van der Waals surface area contributed by atoms with E-state index in [0.717, 1.165) is 18.5 Å². The van der Waals surface area contributed by atoms with Gasteiger partial charge in [0.05, 0.1) is 12.2 Å². The smallest absolute Gasteiger partial charge is 0.224 e. The second kappa shape index (κ2) is 7.00. The number of carbonyl (C=O) groups excluding carboxylic acids is 1. The summed E-state index contributed by atoms with van der Waals surface area (Å²) in [6.45, 7) is 1.32. The molecule has 7 heteroatoms. The Hall–Kier alpha value is -1.47. The normalized spacial score (nSPS) is 20.1. The van der Waals surface area contributed by atoms with Crippen LogP contribution in [0.3, 0.4) is 0 Å². The van der Waals surface area contributed by atoms with Gasteiger partial charge < -0.3 is 5.32 Å². The summed E-state index contributed by atoms with van der Waals surface area (Å²) in [4.78, 5) is 16.3. The highest BCUT2D eigenvalue weighted by Crippen LogP contribution is 2.18. The van der Waals surface area contributed by atoms with Crippen LogP contribution in [-0.4, -0.2) is 49.5 Å². The SMILES string of the molecule is CS(=O)(=O)N1CCC[C@H](C(=O)NCCc2ccccn2)C1. The molecule has 1 amide bonds. The molecule has 1 aromatic rings. The number of hydrogen-bond donors (Lipinski definition) is 1. The number of pyridine rings is 1. The summed E-state index contributed by atoms with van der Waals surface area (Å²) in [5.74, 6) is -0.323. The van der Waals surface area contributed by atoms with Crippen LogP contribution >= 0.6 is 0 Å². The number of carbonyl (C=O) groups is 1. The second-order valence-electron chi connectivity index (χ2n) is 5.32. The van der Waals surface area contributed by atoms with Crippen molar-refractivity contribution in [2.45, 2.75) is 19.3 Å². The van der Waals surface area contributed by atoms with Gasteiger partial charge in [0, 0.05) is 37.9 Å². The molecular formula is C14H21N3O3S. The number of nitrogens with zero attached hydrogens (tertiary/aromatic N) is 2. The summed E-state index contributed by atoms with van der Waals surface area (Å²) < 4.78 is 24.5. The van der Waals surface area contributed by atoms with Crippen molar-refractivity contribution < 1.29 is 13.2 Å². The first-order chi connectivity index (χ1) is 9.97. The van der Waals surface area contributed by atoms with Crippen molar-refractivity contribution in [2.24, 2.45) is 5.92 Å². The van der Waals surface area contributed by atoms with E-state index >= 15 is 0 Å². The zero-order valence-electron chi connectivity index (χ0n) is 12.2. The summed E-state index contributed by atoms with van der Waals surface area (Å²) in [5, 5.41) is 2.87. The Kier molecular flexibility index (Phi) is 5.30. The van der Waals surface area contributed by atoms with E-state index in [1.807, 2.05) is 18.2 Å². The van der Waals surface area contributed by atoms with Crippen LogP contribution in [0.25, 0.3) is 0 Å². The van der Waals surface area contributed by atoms with Crippen molar-refractivity contribution >= 4 is 15.9 Å².